The molecule has 3 rings (SSSR count). The molecule has 96 valence electrons. The first-order valence-electron chi connectivity index (χ1n) is 6.01. The van der Waals surface area contributed by atoms with Gasteiger partial charge in [-0.15, -0.1) is 11.3 Å². The van der Waals surface area contributed by atoms with E-state index < -0.39 is 6.10 Å². The van der Waals surface area contributed by atoms with Crippen LogP contribution >= 0.6 is 11.3 Å². The highest BCUT2D eigenvalue weighted by molar-refractivity contribution is 7.12. The van der Waals surface area contributed by atoms with E-state index in [4.69, 9.17) is 0 Å². The average molecular weight is 271 g/mol. The Morgan fingerprint density at radius 1 is 1.26 bits per heavy atom. The quantitative estimate of drug-likeness (QED) is 0.717. The zero-order valence-corrected chi connectivity index (χ0v) is 11.2. The number of thiophene rings is 1. The summed E-state index contributed by atoms with van der Waals surface area (Å²) in [5.74, 6) is -0.247. The van der Waals surface area contributed by atoms with E-state index >= 15 is 0 Å². The molecule has 3 nitrogen and oxygen atoms in total. The fourth-order valence-corrected chi connectivity index (χ4v) is 3.02. The van der Waals surface area contributed by atoms with Gasteiger partial charge in [0.1, 0.15) is 6.10 Å². The normalized spacial score (nSPS) is 12.7. The number of aliphatic hydroxyl groups excluding tert-OH is 1. The van der Waals surface area contributed by atoms with E-state index in [-0.39, 0.29) is 5.78 Å². The zero-order chi connectivity index (χ0) is 13.4. The first kappa shape index (κ1) is 12.1. The largest absolute Gasteiger partial charge is 0.380 e. The van der Waals surface area contributed by atoms with E-state index in [1.807, 2.05) is 42.6 Å². The second-order valence-electron chi connectivity index (χ2n) is 4.45. The molecule has 0 saturated heterocycles. The van der Waals surface area contributed by atoms with E-state index in [9.17, 15) is 9.90 Å². The average Bonchev–Trinajstić information content (AvgIpc) is 3.03. The summed E-state index contributed by atoms with van der Waals surface area (Å²) in [4.78, 5) is 16.0. The van der Waals surface area contributed by atoms with Gasteiger partial charge in [-0.1, -0.05) is 24.3 Å². The summed E-state index contributed by atoms with van der Waals surface area (Å²) < 4.78 is 0. The molecule has 2 heterocycles. The molecule has 2 N–H and O–H groups in total. The number of hydrogen-bond donors (Lipinski definition) is 2. The number of carbonyl (C=O) groups excluding carboxylic acids is 1. The number of ketones is 1. The van der Waals surface area contributed by atoms with E-state index in [2.05, 4.69) is 4.98 Å². The van der Waals surface area contributed by atoms with Gasteiger partial charge in [-0.05, 0) is 24.4 Å². The Morgan fingerprint density at radius 3 is 2.79 bits per heavy atom. The Balaban J connectivity index is 2.09. The van der Waals surface area contributed by atoms with Gasteiger partial charge in [0.25, 0.3) is 0 Å². The summed E-state index contributed by atoms with van der Waals surface area (Å²) in [6.45, 7) is 1.88. The predicted octanol–water partition coefficient (Wildman–Crippen LogP) is 3.45. The van der Waals surface area contributed by atoms with Crippen LogP contribution < -0.4 is 0 Å². The third-order valence-electron chi connectivity index (χ3n) is 3.23. The first-order chi connectivity index (χ1) is 9.18. The molecular formula is C15H13NO2S. The molecule has 0 saturated carbocycles. The van der Waals surface area contributed by atoms with Crippen molar-refractivity contribution in [1.82, 2.24) is 4.98 Å². The van der Waals surface area contributed by atoms with Gasteiger partial charge in [-0.25, -0.2) is 0 Å². The predicted molar refractivity (Wildman–Crippen MR) is 76.6 cm³/mol. The Morgan fingerprint density at radius 2 is 2.05 bits per heavy atom. The second-order valence-corrected chi connectivity index (χ2v) is 5.40. The monoisotopic (exact) mass is 271 g/mol. The Labute approximate surface area is 114 Å². The maximum atomic E-state index is 12.2. The van der Waals surface area contributed by atoms with Gasteiger partial charge in [-0.3, -0.25) is 4.79 Å². The van der Waals surface area contributed by atoms with Crippen LogP contribution in [0.4, 0.5) is 0 Å². The van der Waals surface area contributed by atoms with Crippen LogP contribution in [0.5, 0.6) is 0 Å². The highest BCUT2D eigenvalue weighted by Gasteiger charge is 2.24. The van der Waals surface area contributed by atoms with Crippen molar-refractivity contribution in [3.05, 3.63) is 57.9 Å². The van der Waals surface area contributed by atoms with Gasteiger partial charge in [-0.2, -0.15) is 0 Å². The van der Waals surface area contributed by atoms with E-state index in [1.165, 1.54) is 11.3 Å². The fraction of sp³-hybridized carbons (Fsp3) is 0.133. The number of aromatic amines is 1. The topological polar surface area (TPSA) is 53.1 Å². The van der Waals surface area contributed by atoms with Gasteiger partial charge in [0, 0.05) is 22.2 Å². The SMILES string of the molecule is Cc1[nH]c2ccccc2c1C(O)C(=O)c1cccs1. The highest BCUT2D eigenvalue weighted by atomic mass is 32.1. The van der Waals surface area contributed by atoms with Crippen molar-refractivity contribution in [2.45, 2.75) is 13.0 Å². The molecule has 0 aliphatic heterocycles. The maximum absolute atomic E-state index is 12.2. The molecule has 0 aliphatic carbocycles. The van der Waals surface area contributed by atoms with Crippen LogP contribution in [0.15, 0.2) is 41.8 Å². The van der Waals surface area contributed by atoms with Crippen molar-refractivity contribution in [1.29, 1.82) is 0 Å². The van der Waals surface area contributed by atoms with Crippen LogP contribution in [0.25, 0.3) is 10.9 Å². The van der Waals surface area contributed by atoms with Crippen LogP contribution in [-0.2, 0) is 0 Å². The number of aromatic nitrogens is 1. The lowest BCUT2D eigenvalue weighted by Crippen LogP contribution is -2.11. The smallest absolute Gasteiger partial charge is 0.205 e. The summed E-state index contributed by atoms with van der Waals surface area (Å²) in [6, 6.07) is 11.2. The van der Waals surface area contributed by atoms with Crippen LogP contribution in [0.2, 0.25) is 0 Å². The highest BCUT2D eigenvalue weighted by Crippen LogP contribution is 2.30. The van der Waals surface area contributed by atoms with Crippen LogP contribution in [0.3, 0.4) is 0 Å². The van der Waals surface area contributed by atoms with Gasteiger partial charge in [0.15, 0.2) is 0 Å². The van der Waals surface area contributed by atoms with Crippen molar-refractivity contribution in [2.75, 3.05) is 0 Å². The number of Topliss-reactive ketones (excluding diaryl/α,β-unsaturated/α-hetero) is 1. The number of carbonyl (C=O) groups is 1. The summed E-state index contributed by atoms with van der Waals surface area (Å²) in [5, 5.41) is 13.1. The molecule has 1 aromatic carbocycles. The lowest BCUT2D eigenvalue weighted by Gasteiger charge is -2.09. The number of rotatable bonds is 3. The minimum Gasteiger partial charge on any atom is -0.380 e. The molecule has 0 fully saturated rings. The van der Waals surface area contributed by atoms with Crippen LogP contribution in [0.1, 0.15) is 27.0 Å². The molecule has 1 atom stereocenters. The van der Waals surface area contributed by atoms with Crippen molar-refractivity contribution in [3.8, 4) is 0 Å². The number of hydrogen-bond acceptors (Lipinski definition) is 3. The van der Waals surface area contributed by atoms with Crippen LogP contribution in [-0.4, -0.2) is 15.9 Å². The summed E-state index contributed by atoms with van der Waals surface area (Å²) in [5.41, 5.74) is 2.45. The van der Waals surface area contributed by atoms with E-state index in [0.29, 0.717) is 10.4 Å². The zero-order valence-electron chi connectivity index (χ0n) is 10.4. The van der Waals surface area contributed by atoms with Crippen LogP contribution in [0, 0.1) is 6.92 Å². The number of aryl methyl sites for hydroxylation is 1. The molecule has 4 heteroatoms. The summed E-state index contributed by atoms with van der Waals surface area (Å²) in [7, 11) is 0. The second kappa shape index (κ2) is 4.64. The molecule has 0 spiro atoms. The fourth-order valence-electron chi connectivity index (χ4n) is 2.34. The summed E-state index contributed by atoms with van der Waals surface area (Å²) >= 11 is 1.35. The minimum atomic E-state index is -1.12. The molecule has 2 aromatic heterocycles. The number of aliphatic hydroxyl groups is 1. The molecule has 19 heavy (non-hydrogen) atoms. The Hall–Kier alpha value is -1.91. The van der Waals surface area contributed by atoms with Gasteiger partial charge >= 0.3 is 0 Å². The third-order valence-corrected chi connectivity index (χ3v) is 4.11. The number of nitrogens with one attached hydrogen (secondary N) is 1. The Kier molecular flexibility index (Phi) is 2.97. The van der Waals surface area contributed by atoms with Gasteiger partial charge in [0.05, 0.1) is 4.88 Å². The Bertz CT molecular complexity index is 728. The van der Waals surface area contributed by atoms with E-state index in [0.717, 1.165) is 16.6 Å². The number of para-hydroxylation sites is 1. The number of H-pyrrole nitrogens is 1. The van der Waals surface area contributed by atoms with Crippen molar-refractivity contribution < 1.29 is 9.90 Å². The van der Waals surface area contributed by atoms with E-state index in [1.54, 1.807) is 6.07 Å². The molecule has 0 bridgehead atoms. The number of fused-ring (bicyclic) bond motifs is 1. The van der Waals surface area contributed by atoms with Gasteiger partial charge in [0.2, 0.25) is 5.78 Å². The molecule has 0 radical (unpaired) electrons. The maximum Gasteiger partial charge on any atom is 0.205 e. The molecule has 1 unspecified atom stereocenters. The van der Waals surface area contributed by atoms with Crippen molar-refractivity contribution in [3.63, 3.8) is 0 Å². The number of benzene rings is 1. The first-order valence-corrected chi connectivity index (χ1v) is 6.89. The minimum absolute atomic E-state index is 0.247. The summed E-state index contributed by atoms with van der Waals surface area (Å²) in [6.07, 6.45) is -1.12. The molecular weight excluding hydrogens is 258 g/mol. The van der Waals surface area contributed by atoms with Crippen molar-refractivity contribution >= 4 is 28.0 Å². The lowest BCUT2D eigenvalue weighted by atomic mass is 10.0. The molecule has 0 aliphatic rings. The van der Waals surface area contributed by atoms with Crippen molar-refractivity contribution in [2.24, 2.45) is 0 Å². The lowest BCUT2D eigenvalue weighted by molar-refractivity contribution is 0.0753. The van der Waals surface area contributed by atoms with Gasteiger partial charge < -0.3 is 10.1 Å². The molecule has 0 amide bonds. The molecule has 3 aromatic rings. The third kappa shape index (κ3) is 1.99. The standard InChI is InChI=1S/C15H13NO2S/c1-9-13(10-5-2-3-6-11(10)16-9)15(18)14(17)12-7-4-8-19-12/h2-8,15-16,18H,1H3.